The highest BCUT2D eigenvalue weighted by Gasteiger charge is 2.66. The first-order valence-corrected chi connectivity index (χ1v) is 9.63. The Balaban J connectivity index is 1.93. The number of hydrogen-bond acceptors (Lipinski definition) is 4. The highest BCUT2D eigenvalue weighted by atomic mass is 16.2. The average molecular weight is 364 g/mol. The van der Waals surface area contributed by atoms with Crippen LogP contribution in [-0.4, -0.2) is 28.8 Å². The Morgan fingerprint density at radius 1 is 1.15 bits per heavy atom. The Bertz CT molecular complexity index is 892. The van der Waals surface area contributed by atoms with Crippen LogP contribution in [-0.2, 0) is 15.0 Å². The summed E-state index contributed by atoms with van der Waals surface area (Å²) in [4.78, 5) is 30.6. The molecule has 0 aromatic heterocycles. The van der Waals surface area contributed by atoms with E-state index in [4.69, 9.17) is 5.73 Å². The van der Waals surface area contributed by atoms with Gasteiger partial charge in [-0.15, -0.1) is 0 Å². The van der Waals surface area contributed by atoms with E-state index in [-0.39, 0.29) is 35.3 Å². The van der Waals surface area contributed by atoms with Gasteiger partial charge >= 0.3 is 0 Å². The van der Waals surface area contributed by atoms with E-state index in [0.29, 0.717) is 11.3 Å². The van der Waals surface area contributed by atoms with Gasteiger partial charge in [-0.25, -0.2) is 0 Å². The minimum atomic E-state index is -1.63. The Kier molecular flexibility index (Phi) is 3.99. The number of fused-ring (bicyclic) bond motifs is 2. The molecule has 6 nitrogen and oxygen atoms in total. The van der Waals surface area contributed by atoms with Crippen LogP contribution in [0.5, 0.6) is 0 Å². The van der Waals surface area contributed by atoms with Crippen molar-refractivity contribution in [2.45, 2.75) is 63.5 Å². The van der Waals surface area contributed by atoms with Crippen LogP contribution in [0, 0.1) is 11.3 Å². The van der Waals surface area contributed by atoms with E-state index in [1.807, 2.05) is 26.0 Å². The summed E-state index contributed by atoms with van der Waals surface area (Å²) in [5.74, 6) is -0.561. The van der Waals surface area contributed by atoms with Crippen LogP contribution in [0.15, 0.2) is 35.7 Å². The second kappa shape index (κ2) is 6.12. The lowest BCUT2D eigenvalue weighted by atomic mass is 9.76. The number of para-hydroxylation sites is 1. The lowest BCUT2D eigenvalue weighted by Gasteiger charge is -2.33. The van der Waals surface area contributed by atoms with Crippen molar-refractivity contribution in [3.05, 3.63) is 41.2 Å². The highest BCUT2D eigenvalue weighted by molar-refractivity contribution is 6.26. The van der Waals surface area contributed by atoms with Crippen molar-refractivity contribution in [2.75, 3.05) is 4.90 Å². The van der Waals surface area contributed by atoms with Crippen LogP contribution in [0.4, 0.5) is 5.69 Å². The van der Waals surface area contributed by atoms with Crippen LogP contribution >= 0.6 is 0 Å². The van der Waals surface area contributed by atoms with Crippen molar-refractivity contribution in [3.8, 4) is 6.07 Å². The molecule has 140 valence electrons. The van der Waals surface area contributed by atoms with E-state index in [1.54, 1.807) is 21.9 Å². The molecular formula is C21H24N4O2. The Morgan fingerprint density at radius 2 is 1.81 bits per heavy atom. The fourth-order valence-electron chi connectivity index (χ4n) is 4.92. The van der Waals surface area contributed by atoms with E-state index >= 15 is 0 Å². The molecule has 2 amide bonds. The molecule has 1 spiro atoms. The first-order chi connectivity index (χ1) is 13.0. The van der Waals surface area contributed by atoms with E-state index in [1.165, 1.54) is 0 Å². The summed E-state index contributed by atoms with van der Waals surface area (Å²) in [5.41, 5.74) is 6.06. The number of hydrogen-bond donors (Lipinski definition) is 1. The zero-order chi connectivity index (χ0) is 19.3. The molecule has 1 aromatic carbocycles. The lowest BCUT2D eigenvalue weighted by Crippen LogP contribution is -2.52. The number of benzene rings is 1. The van der Waals surface area contributed by atoms with Gasteiger partial charge < -0.3 is 10.6 Å². The number of amides is 2. The molecule has 1 aromatic rings. The van der Waals surface area contributed by atoms with Gasteiger partial charge in [0.2, 0.25) is 0 Å². The van der Waals surface area contributed by atoms with Gasteiger partial charge in [-0.3, -0.25) is 14.5 Å². The molecule has 0 radical (unpaired) electrons. The summed E-state index contributed by atoms with van der Waals surface area (Å²) >= 11 is 0. The normalized spacial score (nSPS) is 25.7. The summed E-state index contributed by atoms with van der Waals surface area (Å²) in [5, 5.41) is 9.93. The van der Waals surface area contributed by atoms with Crippen molar-refractivity contribution < 1.29 is 9.59 Å². The number of anilines is 1. The largest absolute Gasteiger partial charge is 0.384 e. The number of carbonyl (C=O) groups excluding carboxylic acids is 2. The molecule has 1 aliphatic carbocycles. The van der Waals surface area contributed by atoms with Gasteiger partial charge in [-0.2, -0.15) is 5.26 Å². The molecular weight excluding hydrogens is 340 g/mol. The maximum absolute atomic E-state index is 13.8. The third-order valence-electron chi connectivity index (χ3n) is 6.11. The van der Waals surface area contributed by atoms with E-state index in [0.717, 1.165) is 32.1 Å². The van der Waals surface area contributed by atoms with Crippen LogP contribution in [0.3, 0.4) is 0 Å². The Morgan fingerprint density at radius 3 is 2.44 bits per heavy atom. The predicted octanol–water partition coefficient (Wildman–Crippen LogP) is 2.55. The predicted molar refractivity (Wildman–Crippen MR) is 101 cm³/mol. The minimum absolute atomic E-state index is 0.0398. The smallest absolute Gasteiger partial charge is 0.254 e. The second-order valence-electron chi connectivity index (χ2n) is 7.88. The van der Waals surface area contributed by atoms with E-state index in [9.17, 15) is 14.9 Å². The van der Waals surface area contributed by atoms with E-state index < -0.39 is 5.41 Å². The monoisotopic (exact) mass is 364 g/mol. The summed E-state index contributed by atoms with van der Waals surface area (Å²) < 4.78 is 0. The van der Waals surface area contributed by atoms with Crippen LogP contribution < -0.4 is 10.6 Å². The minimum Gasteiger partial charge on any atom is -0.384 e. The zero-order valence-electron chi connectivity index (χ0n) is 15.7. The van der Waals surface area contributed by atoms with Crippen molar-refractivity contribution in [3.63, 3.8) is 0 Å². The standard InChI is InChI=1S/C21H24N4O2/c1-13(2)24-17-11-7-6-10-15(17)21(19(24)26)16(12-22)18(23)25(20(21)27)14-8-4-3-5-9-14/h6-7,10-11,13-14H,3-5,8-9,23H2,1-2H3. The third-order valence-corrected chi connectivity index (χ3v) is 6.11. The second-order valence-corrected chi connectivity index (χ2v) is 7.88. The number of nitriles is 1. The molecule has 6 heteroatoms. The number of rotatable bonds is 2. The molecule has 1 unspecified atom stereocenters. The fraction of sp³-hybridized carbons (Fsp3) is 0.476. The van der Waals surface area contributed by atoms with Crippen molar-refractivity contribution >= 4 is 17.5 Å². The van der Waals surface area contributed by atoms with Gasteiger partial charge in [0.25, 0.3) is 11.8 Å². The molecule has 2 N–H and O–H groups in total. The van der Waals surface area contributed by atoms with Crippen LogP contribution in [0.25, 0.3) is 0 Å². The van der Waals surface area contributed by atoms with Crippen molar-refractivity contribution in [1.29, 1.82) is 5.26 Å². The molecule has 0 saturated heterocycles. The third kappa shape index (κ3) is 2.11. The number of carbonyl (C=O) groups is 2. The van der Waals surface area contributed by atoms with Gasteiger partial charge in [-0.1, -0.05) is 37.5 Å². The molecule has 4 rings (SSSR count). The molecule has 2 heterocycles. The Labute approximate surface area is 159 Å². The maximum atomic E-state index is 13.8. The first-order valence-electron chi connectivity index (χ1n) is 9.63. The number of nitrogens with two attached hydrogens (primary N) is 1. The molecule has 0 bridgehead atoms. The molecule has 2 aliphatic heterocycles. The van der Waals surface area contributed by atoms with Crippen molar-refractivity contribution in [1.82, 2.24) is 4.90 Å². The topological polar surface area (TPSA) is 90.4 Å². The van der Waals surface area contributed by atoms with Gasteiger partial charge in [0, 0.05) is 23.3 Å². The van der Waals surface area contributed by atoms with Gasteiger partial charge in [-0.05, 0) is 32.8 Å². The lowest BCUT2D eigenvalue weighted by molar-refractivity contribution is -0.139. The molecule has 3 aliphatic rings. The van der Waals surface area contributed by atoms with Crippen LogP contribution in [0.2, 0.25) is 0 Å². The quantitative estimate of drug-likeness (QED) is 0.817. The van der Waals surface area contributed by atoms with Gasteiger partial charge in [0.05, 0.1) is 5.57 Å². The molecule has 1 atom stereocenters. The van der Waals surface area contributed by atoms with E-state index in [2.05, 4.69) is 6.07 Å². The number of nitrogens with zero attached hydrogens (tertiary/aromatic N) is 3. The Hall–Kier alpha value is -2.81. The summed E-state index contributed by atoms with van der Waals surface area (Å²) in [6.45, 7) is 3.82. The summed E-state index contributed by atoms with van der Waals surface area (Å²) in [7, 11) is 0. The summed E-state index contributed by atoms with van der Waals surface area (Å²) in [6.07, 6.45) is 4.90. The highest BCUT2D eigenvalue weighted by Crippen LogP contribution is 2.52. The SMILES string of the molecule is CC(C)N1C(=O)C2(C(=O)N(C3CCCCC3)C(N)=C2C#N)c2ccccc21. The first kappa shape index (κ1) is 17.6. The molecule has 27 heavy (non-hydrogen) atoms. The fourth-order valence-corrected chi connectivity index (χ4v) is 4.92. The average Bonchev–Trinajstić information content (AvgIpc) is 3.05. The van der Waals surface area contributed by atoms with Crippen molar-refractivity contribution in [2.24, 2.45) is 5.73 Å². The molecule has 1 fully saturated rings. The van der Waals surface area contributed by atoms with Gasteiger partial charge in [0.1, 0.15) is 11.9 Å². The van der Waals surface area contributed by atoms with Gasteiger partial charge in [0.15, 0.2) is 5.41 Å². The van der Waals surface area contributed by atoms with Crippen LogP contribution in [0.1, 0.15) is 51.5 Å². The molecule has 1 saturated carbocycles. The maximum Gasteiger partial charge on any atom is 0.254 e. The summed E-state index contributed by atoms with van der Waals surface area (Å²) in [6, 6.07) is 9.22. The zero-order valence-corrected chi connectivity index (χ0v) is 15.7.